The van der Waals surface area contributed by atoms with Gasteiger partial charge in [0.2, 0.25) is 0 Å². The van der Waals surface area contributed by atoms with E-state index in [1.54, 1.807) is 12.1 Å². The van der Waals surface area contributed by atoms with Crippen LogP contribution in [0.15, 0.2) is 24.3 Å². The average molecular weight is 239 g/mol. The Morgan fingerprint density at radius 3 is 2.71 bits per heavy atom. The molecule has 0 heterocycles. The number of amides is 1. The molecule has 0 aromatic heterocycles. The van der Waals surface area contributed by atoms with Gasteiger partial charge in [0, 0.05) is 12.1 Å². The minimum Gasteiger partial charge on any atom is -0.484 e. The van der Waals surface area contributed by atoms with E-state index in [0.717, 1.165) is 12.8 Å². The van der Waals surface area contributed by atoms with Crippen molar-refractivity contribution in [1.29, 1.82) is 0 Å². The SMILES string of the molecule is CCC(CC)NC(=O)COc1cccc(F)c1. The molecule has 17 heavy (non-hydrogen) atoms. The molecule has 1 N–H and O–H groups in total. The third-order valence-electron chi connectivity index (χ3n) is 2.52. The van der Waals surface area contributed by atoms with E-state index in [0.29, 0.717) is 5.75 Å². The normalized spacial score (nSPS) is 10.4. The van der Waals surface area contributed by atoms with Crippen molar-refractivity contribution in [2.45, 2.75) is 32.7 Å². The Kier molecular flexibility index (Phi) is 5.46. The highest BCUT2D eigenvalue weighted by atomic mass is 19.1. The van der Waals surface area contributed by atoms with Crippen LogP contribution in [0.2, 0.25) is 0 Å². The number of nitrogens with one attached hydrogen (secondary N) is 1. The Morgan fingerprint density at radius 2 is 2.12 bits per heavy atom. The van der Waals surface area contributed by atoms with Crippen molar-refractivity contribution in [3.8, 4) is 5.75 Å². The van der Waals surface area contributed by atoms with Gasteiger partial charge in [-0.25, -0.2) is 4.39 Å². The first-order valence-corrected chi connectivity index (χ1v) is 5.83. The van der Waals surface area contributed by atoms with Gasteiger partial charge in [-0.2, -0.15) is 0 Å². The van der Waals surface area contributed by atoms with Crippen LogP contribution in [0.5, 0.6) is 5.75 Å². The molecule has 0 saturated carbocycles. The highest BCUT2D eigenvalue weighted by molar-refractivity contribution is 5.77. The molecular weight excluding hydrogens is 221 g/mol. The zero-order valence-corrected chi connectivity index (χ0v) is 10.2. The van der Waals surface area contributed by atoms with Gasteiger partial charge in [0.25, 0.3) is 5.91 Å². The smallest absolute Gasteiger partial charge is 0.258 e. The molecule has 0 spiro atoms. The quantitative estimate of drug-likeness (QED) is 0.828. The fraction of sp³-hybridized carbons (Fsp3) is 0.462. The summed E-state index contributed by atoms with van der Waals surface area (Å²) in [5, 5.41) is 2.84. The molecule has 1 aromatic carbocycles. The Balaban J connectivity index is 2.38. The molecule has 0 saturated heterocycles. The summed E-state index contributed by atoms with van der Waals surface area (Å²) in [4.78, 5) is 11.5. The maximum absolute atomic E-state index is 12.8. The molecule has 0 aliphatic heterocycles. The second-order valence-electron chi connectivity index (χ2n) is 3.83. The monoisotopic (exact) mass is 239 g/mol. The number of carbonyl (C=O) groups is 1. The number of ether oxygens (including phenoxy) is 1. The van der Waals surface area contributed by atoms with Gasteiger partial charge in [0.1, 0.15) is 11.6 Å². The molecule has 0 radical (unpaired) electrons. The molecule has 3 nitrogen and oxygen atoms in total. The maximum atomic E-state index is 12.8. The van der Waals surface area contributed by atoms with Crippen molar-refractivity contribution < 1.29 is 13.9 Å². The predicted molar refractivity (Wildman–Crippen MR) is 64.4 cm³/mol. The van der Waals surface area contributed by atoms with Gasteiger partial charge in [0.05, 0.1) is 0 Å². The lowest BCUT2D eigenvalue weighted by Gasteiger charge is -2.14. The number of carbonyl (C=O) groups excluding carboxylic acids is 1. The molecule has 94 valence electrons. The van der Waals surface area contributed by atoms with Crippen molar-refractivity contribution in [3.05, 3.63) is 30.1 Å². The van der Waals surface area contributed by atoms with Crippen molar-refractivity contribution in [2.24, 2.45) is 0 Å². The molecule has 0 atom stereocenters. The second-order valence-corrected chi connectivity index (χ2v) is 3.83. The van der Waals surface area contributed by atoms with E-state index in [1.165, 1.54) is 12.1 Å². The number of hydrogen-bond acceptors (Lipinski definition) is 2. The number of halogens is 1. The first kappa shape index (κ1) is 13.5. The number of rotatable bonds is 6. The van der Waals surface area contributed by atoms with Gasteiger partial charge in [0.15, 0.2) is 6.61 Å². The maximum Gasteiger partial charge on any atom is 0.258 e. The van der Waals surface area contributed by atoms with E-state index < -0.39 is 0 Å². The summed E-state index contributed by atoms with van der Waals surface area (Å²) in [6, 6.07) is 5.93. The van der Waals surface area contributed by atoms with Crippen molar-refractivity contribution in [1.82, 2.24) is 5.32 Å². The summed E-state index contributed by atoms with van der Waals surface area (Å²) in [7, 11) is 0. The fourth-order valence-electron chi connectivity index (χ4n) is 1.47. The van der Waals surface area contributed by atoms with Crippen LogP contribution in [-0.4, -0.2) is 18.6 Å². The van der Waals surface area contributed by atoms with E-state index in [1.807, 2.05) is 13.8 Å². The van der Waals surface area contributed by atoms with Crippen LogP contribution in [0.25, 0.3) is 0 Å². The third kappa shape index (κ3) is 4.85. The van der Waals surface area contributed by atoms with Crippen molar-refractivity contribution >= 4 is 5.91 Å². The van der Waals surface area contributed by atoms with Crippen LogP contribution in [0, 0.1) is 5.82 Å². The second kappa shape index (κ2) is 6.89. The highest BCUT2D eigenvalue weighted by Gasteiger charge is 2.08. The minimum atomic E-state index is -0.372. The molecule has 0 fully saturated rings. The van der Waals surface area contributed by atoms with E-state index in [4.69, 9.17) is 4.74 Å². The average Bonchev–Trinajstić information content (AvgIpc) is 2.33. The van der Waals surface area contributed by atoms with Crippen LogP contribution >= 0.6 is 0 Å². The Hall–Kier alpha value is -1.58. The van der Waals surface area contributed by atoms with Gasteiger partial charge in [-0.1, -0.05) is 19.9 Å². The standard InChI is InChI=1S/C13H18FNO2/c1-3-11(4-2)15-13(16)9-17-12-7-5-6-10(14)8-12/h5-8,11H,3-4,9H2,1-2H3,(H,15,16). The minimum absolute atomic E-state index is 0.0834. The van der Waals surface area contributed by atoms with Gasteiger partial charge >= 0.3 is 0 Å². The molecule has 0 aliphatic rings. The summed E-state index contributed by atoms with van der Waals surface area (Å²) in [6.45, 7) is 3.95. The molecule has 1 aromatic rings. The highest BCUT2D eigenvalue weighted by Crippen LogP contribution is 2.11. The number of hydrogen-bond donors (Lipinski definition) is 1. The van der Waals surface area contributed by atoms with E-state index in [-0.39, 0.29) is 24.4 Å². The van der Waals surface area contributed by atoms with Crippen LogP contribution in [-0.2, 0) is 4.79 Å². The number of benzene rings is 1. The molecule has 0 aliphatic carbocycles. The van der Waals surface area contributed by atoms with E-state index >= 15 is 0 Å². The van der Waals surface area contributed by atoms with Crippen LogP contribution < -0.4 is 10.1 Å². The first-order valence-electron chi connectivity index (χ1n) is 5.83. The van der Waals surface area contributed by atoms with Crippen LogP contribution in [0.4, 0.5) is 4.39 Å². The lowest BCUT2D eigenvalue weighted by molar-refractivity contribution is -0.123. The Bertz CT molecular complexity index is 364. The molecule has 0 bridgehead atoms. The molecular formula is C13H18FNO2. The third-order valence-corrected chi connectivity index (χ3v) is 2.52. The van der Waals surface area contributed by atoms with Gasteiger partial charge in [-0.05, 0) is 25.0 Å². The molecule has 0 unspecified atom stereocenters. The van der Waals surface area contributed by atoms with Gasteiger partial charge in [-0.15, -0.1) is 0 Å². The predicted octanol–water partition coefficient (Wildman–Crippen LogP) is 2.51. The zero-order valence-electron chi connectivity index (χ0n) is 10.2. The summed E-state index contributed by atoms with van der Waals surface area (Å²) in [5.41, 5.74) is 0. The zero-order chi connectivity index (χ0) is 12.7. The summed E-state index contributed by atoms with van der Waals surface area (Å²) in [6.07, 6.45) is 1.78. The van der Waals surface area contributed by atoms with Gasteiger partial charge < -0.3 is 10.1 Å². The fourth-order valence-corrected chi connectivity index (χ4v) is 1.47. The Morgan fingerprint density at radius 1 is 1.41 bits per heavy atom. The Labute approximate surface area is 101 Å². The first-order chi connectivity index (χ1) is 8.15. The summed E-state index contributed by atoms with van der Waals surface area (Å²) < 4.78 is 18.0. The van der Waals surface area contributed by atoms with Crippen LogP contribution in [0.1, 0.15) is 26.7 Å². The molecule has 1 amide bonds. The van der Waals surface area contributed by atoms with Crippen molar-refractivity contribution in [2.75, 3.05) is 6.61 Å². The van der Waals surface area contributed by atoms with E-state index in [9.17, 15) is 9.18 Å². The summed E-state index contributed by atoms with van der Waals surface area (Å²) >= 11 is 0. The van der Waals surface area contributed by atoms with Gasteiger partial charge in [-0.3, -0.25) is 4.79 Å². The lowest BCUT2D eigenvalue weighted by atomic mass is 10.2. The van der Waals surface area contributed by atoms with Crippen LogP contribution in [0.3, 0.4) is 0 Å². The summed E-state index contributed by atoms with van der Waals surface area (Å²) in [5.74, 6) is -0.185. The molecule has 4 heteroatoms. The van der Waals surface area contributed by atoms with E-state index in [2.05, 4.69) is 5.32 Å². The topological polar surface area (TPSA) is 38.3 Å². The molecule has 1 rings (SSSR count). The lowest BCUT2D eigenvalue weighted by Crippen LogP contribution is -2.37. The largest absolute Gasteiger partial charge is 0.484 e. The van der Waals surface area contributed by atoms with Crippen molar-refractivity contribution in [3.63, 3.8) is 0 Å².